The molecule has 0 fully saturated rings. The number of likely N-dealkylation sites (N-methyl/N-ethyl adjacent to an activating group) is 1. The van der Waals surface area contributed by atoms with Crippen molar-refractivity contribution in [1.82, 2.24) is 10.3 Å². The van der Waals surface area contributed by atoms with Crippen LogP contribution in [0.2, 0.25) is 0 Å². The molecule has 0 bridgehead atoms. The molecule has 0 radical (unpaired) electrons. The van der Waals surface area contributed by atoms with Gasteiger partial charge in [0.25, 0.3) is 0 Å². The molecule has 1 aromatic carbocycles. The fourth-order valence-electron chi connectivity index (χ4n) is 3.14. The highest BCUT2D eigenvalue weighted by Crippen LogP contribution is 2.32. The molecule has 0 spiro atoms. The van der Waals surface area contributed by atoms with Gasteiger partial charge in [0, 0.05) is 11.6 Å². The first kappa shape index (κ1) is 13.3. The second-order valence-corrected chi connectivity index (χ2v) is 5.43. The van der Waals surface area contributed by atoms with E-state index in [0.29, 0.717) is 6.04 Å². The highest BCUT2D eigenvalue weighted by atomic mass is 14.9. The van der Waals surface area contributed by atoms with Gasteiger partial charge < -0.3 is 5.32 Å². The van der Waals surface area contributed by atoms with Crippen molar-refractivity contribution in [1.29, 1.82) is 0 Å². The molecule has 0 amide bonds. The van der Waals surface area contributed by atoms with Gasteiger partial charge in [-0.3, -0.25) is 4.98 Å². The summed E-state index contributed by atoms with van der Waals surface area (Å²) >= 11 is 0. The van der Waals surface area contributed by atoms with Crippen LogP contribution in [-0.2, 0) is 0 Å². The molecule has 3 rings (SSSR count). The van der Waals surface area contributed by atoms with E-state index in [1.165, 1.54) is 36.6 Å². The van der Waals surface area contributed by atoms with Crippen molar-refractivity contribution >= 4 is 10.9 Å². The first-order valence-corrected chi connectivity index (χ1v) is 7.66. The fraction of sp³-hybridized carbons (Fsp3) is 0.389. The highest BCUT2D eigenvalue weighted by molar-refractivity contribution is 5.82. The van der Waals surface area contributed by atoms with E-state index in [2.05, 4.69) is 53.6 Å². The van der Waals surface area contributed by atoms with Gasteiger partial charge in [-0.15, -0.1) is 0 Å². The predicted octanol–water partition coefficient (Wildman–Crippen LogP) is 4.39. The Morgan fingerprint density at radius 1 is 1.20 bits per heavy atom. The summed E-state index contributed by atoms with van der Waals surface area (Å²) < 4.78 is 0. The first-order chi connectivity index (χ1) is 9.90. The van der Waals surface area contributed by atoms with Crippen molar-refractivity contribution in [3.8, 4) is 0 Å². The molecule has 1 N–H and O–H groups in total. The van der Waals surface area contributed by atoms with Crippen LogP contribution in [0.3, 0.4) is 0 Å². The third kappa shape index (κ3) is 2.61. The van der Waals surface area contributed by atoms with Crippen LogP contribution in [0.5, 0.6) is 0 Å². The van der Waals surface area contributed by atoms with Gasteiger partial charge in [0.2, 0.25) is 0 Å². The molecule has 104 valence electrons. The summed E-state index contributed by atoms with van der Waals surface area (Å²) in [6.45, 7) is 3.17. The molecule has 1 unspecified atom stereocenters. The highest BCUT2D eigenvalue weighted by Gasteiger charge is 2.19. The number of allylic oxidation sites excluding steroid dienone is 1. The van der Waals surface area contributed by atoms with Gasteiger partial charge in [-0.2, -0.15) is 0 Å². The minimum Gasteiger partial charge on any atom is -0.307 e. The molecule has 1 aliphatic rings. The quantitative estimate of drug-likeness (QED) is 0.830. The molecule has 1 aliphatic carbocycles. The molecule has 2 nitrogen and oxygen atoms in total. The zero-order valence-corrected chi connectivity index (χ0v) is 12.1. The molecule has 0 saturated heterocycles. The SMILES string of the molecule is CCNC(C1=CCCCC1)c1ccnc2ccccc12. The number of aromatic nitrogens is 1. The number of nitrogens with zero attached hydrogens (tertiary/aromatic N) is 1. The Balaban J connectivity index is 2.07. The molecular weight excluding hydrogens is 244 g/mol. The van der Waals surface area contributed by atoms with Crippen molar-refractivity contribution in [2.45, 2.75) is 38.6 Å². The number of nitrogens with one attached hydrogen (secondary N) is 1. The van der Waals surface area contributed by atoms with E-state index in [1.54, 1.807) is 5.57 Å². The van der Waals surface area contributed by atoms with Crippen LogP contribution < -0.4 is 5.32 Å². The lowest BCUT2D eigenvalue weighted by Crippen LogP contribution is -2.24. The molecule has 20 heavy (non-hydrogen) atoms. The number of rotatable bonds is 4. The molecular formula is C18H22N2. The average molecular weight is 266 g/mol. The number of hydrogen-bond donors (Lipinski definition) is 1. The molecule has 1 atom stereocenters. The molecule has 0 aliphatic heterocycles. The Hall–Kier alpha value is -1.67. The molecule has 0 saturated carbocycles. The van der Waals surface area contributed by atoms with Gasteiger partial charge in [-0.05, 0) is 49.9 Å². The van der Waals surface area contributed by atoms with Crippen molar-refractivity contribution in [2.24, 2.45) is 0 Å². The Bertz CT molecular complexity index is 610. The second-order valence-electron chi connectivity index (χ2n) is 5.43. The molecule has 1 heterocycles. The van der Waals surface area contributed by atoms with Gasteiger partial charge in [0.1, 0.15) is 0 Å². The lowest BCUT2D eigenvalue weighted by atomic mass is 9.88. The molecule has 2 aromatic rings. The van der Waals surface area contributed by atoms with Gasteiger partial charge in [-0.25, -0.2) is 0 Å². The van der Waals surface area contributed by atoms with E-state index in [1.807, 2.05) is 6.20 Å². The van der Waals surface area contributed by atoms with Crippen LogP contribution in [0, 0.1) is 0 Å². The summed E-state index contributed by atoms with van der Waals surface area (Å²) in [4.78, 5) is 4.48. The van der Waals surface area contributed by atoms with Crippen molar-refractivity contribution in [2.75, 3.05) is 6.54 Å². The van der Waals surface area contributed by atoms with Gasteiger partial charge in [0.05, 0.1) is 11.6 Å². The number of fused-ring (bicyclic) bond motifs is 1. The predicted molar refractivity (Wildman–Crippen MR) is 84.7 cm³/mol. The van der Waals surface area contributed by atoms with Crippen molar-refractivity contribution in [3.63, 3.8) is 0 Å². The lowest BCUT2D eigenvalue weighted by Gasteiger charge is -2.25. The van der Waals surface area contributed by atoms with Crippen LogP contribution in [0.1, 0.15) is 44.2 Å². The van der Waals surface area contributed by atoms with Crippen LogP contribution in [0.4, 0.5) is 0 Å². The zero-order valence-electron chi connectivity index (χ0n) is 12.1. The molecule has 2 heteroatoms. The Morgan fingerprint density at radius 2 is 2.10 bits per heavy atom. The average Bonchev–Trinajstić information content (AvgIpc) is 2.53. The number of benzene rings is 1. The van der Waals surface area contributed by atoms with Crippen LogP contribution >= 0.6 is 0 Å². The van der Waals surface area contributed by atoms with Crippen LogP contribution in [-0.4, -0.2) is 11.5 Å². The maximum Gasteiger partial charge on any atom is 0.0705 e. The minimum atomic E-state index is 0.341. The van der Waals surface area contributed by atoms with E-state index in [4.69, 9.17) is 0 Å². The van der Waals surface area contributed by atoms with Gasteiger partial charge in [0.15, 0.2) is 0 Å². The monoisotopic (exact) mass is 266 g/mol. The van der Waals surface area contributed by atoms with Gasteiger partial charge in [-0.1, -0.05) is 36.8 Å². The normalized spacial score (nSPS) is 16.9. The summed E-state index contributed by atoms with van der Waals surface area (Å²) in [5.74, 6) is 0. The lowest BCUT2D eigenvalue weighted by molar-refractivity contribution is 0.566. The topological polar surface area (TPSA) is 24.9 Å². The summed E-state index contributed by atoms with van der Waals surface area (Å²) in [6.07, 6.45) is 9.46. The maximum absolute atomic E-state index is 4.48. The first-order valence-electron chi connectivity index (χ1n) is 7.66. The van der Waals surface area contributed by atoms with Crippen LogP contribution in [0.25, 0.3) is 10.9 Å². The standard InChI is InChI=1S/C18H22N2/c1-2-19-18(14-8-4-3-5-9-14)16-12-13-20-17-11-7-6-10-15(16)17/h6-8,10-13,18-19H,2-5,9H2,1H3. The van der Waals surface area contributed by atoms with Crippen molar-refractivity contribution in [3.05, 3.63) is 53.7 Å². The number of pyridine rings is 1. The second kappa shape index (κ2) is 6.19. The van der Waals surface area contributed by atoms with Crippen molar-refractivity contribution < 1.29 is 0 Å². The van der Waals surface area contributed by atoms with E-state index in [-0.39, 0.29) is 0 Å². The number of para-hydroxylation sites is 1. The fourth-order valence-corrected chi connectivity index (χ4v) is 3.14. The van der Waals surface area contributed by atoms with Gasteiger partial charge >= 0.3 is 0 Å². The summed E-state index contributed by atoms with van der Waals surface area (Å²) in [7, 11) is 0. The Labute approximate surface area is 120 Å². The smallest absolute Gasteiger partial charge is 0.0705 e. The summed E-state index contributed by atoms with van der Waals surface area (Å²) in [6, 6.07) is 11.0. The third-order valence-electron chi connectivity index (χ3n) is 4.10. The van der Waals surface area contributed by atoms with Crippen LogP contribution in [0.15, 0.2) is 48.2 Å². The third-order valence-corrected chi connectivity index (χ3v) is 4.10. The zero-order chi connectivity index (χ0) is 13.8. The Morgan fingerprint density at radius 3 is 2.90 bits per heavy atom. The summed E-state index contributed by atoms with van der Waals surface area (Å²) in [5.41, 5.74) is 4.00. The number of hydrogen-bond acceptors (Lipinski definition) is 2. The van der Waals surface area contributed by atoms with E-state index in [9.17, 15) is 0 Å². The minimum absolute atomic E-state index is 0.341. The van der Waals surface area contributed by atoms with E-state index in [0.717, 1.165) is 12.1 Å². The maximum atomic E-state index is 4.48. The largest absolute Gasteiger partial charge is 0.307 e. The summed E-state index contributed by atoms with van der Waals surface area (Å²) in [5, 5.41) is 4.94. The molecule has 1 aromatic heterocycles. The van der Waals surface area contributed by atoms with E-state index >= 15 is 0 Å². The van der Waals surface area contributed by atoms with E-state index < -0.39 is 0 Å². The Kier molecular flexibility index (Phi) is 4.12.